The Hall–Kier alpha value is -1.92. The Bertz CT molecular complexity index is 723. The van der Waals surface area contributed by atoms with Gasteiger partial charge in [0.15, 0.2) is 0 Å². The zero-order chi connectivity index (χ0) is 17.1. The van der Waals surface area contributed by atoms with Crippen molar-refractivity contribution in [3.63, 3.8) is 0 Å². The smallest absolute Gasteiger partial charge is 0.257 e. The van der Waals surface area contributed by atoms with Gasteiger partial charge in [-0.05, 0) is 25.0 Å². The van der Waals surface area contributed by atoms with Gasteiger partial charge < -0.3 is 9.64 Å². The van der Waals surface area contributed by atoms with Gasteiger partial charge in [-0.1, -0.05) is 11.6 Å². The fourth-order valence-electron chi connectivity index (χ4n) is 3.18. The summed E-state index contributed by atoms with van der Waals surface area (Å²) in [6, 6.07) is 3.71. The number of hydrogen-bond donors (Lipinski definition) is 0. The largest absolute Gasteiger partial charge is 0.378 e. The van der Waals surface area contributed by atoms with Crippen LogP contribution in [0, 0.1) is 0 Å². The lowest BCUT2D eigenvalue weighted by atomic mass is 9.92. The van der Waals surface area contributed by atoms with Gasteiger partial charge >= 0.3 is 0 Å². The molecule has 1 saturated heterocycles. The lowest BCUT2D eigenvalue weighted by Gasteiger charge is -2.32. The van der Waals surface area contributed by atoms with Crippen LogP contribution in [0.1, 0.15) is 40.5 Å². The van der Waals surface area contributed by atoms with Crippen molar-refractivity contribution in [2.45, 2.75) is 25.4 Å². The van der Waals surface area contributed by atoms with Crippen LogP contribution in [-0.4, -0.2) is 45.8 Å². The minimum atomic E-state index is 0.0146. The molecule has 0 saturated carbocycles. The molecule has 1 aliphatic rings. The molecule has 0 aliphatic carbocycles. The molecule has 2 aromatic heterocycles. The quantitative estimate of drug-likeness (QED) is 0.852. The maximum absolute atomic E-state index is 12.8. The zero-order valence-corrected chi connectivity index (χ0v) is 14.7. The Kier molecular flexibility index (Phi) is 5.16. The summed E-state index contributed by atoms with van der Waals surface area (Å²) in [5, 5.41) is 5.01. The molecular weight excluding hydrogens is 328 g/mol. The molecule has 1 aliphatic heterocycles. The van der Waals surface area contributed by atoms with E-state index in [2.05, 4.69) is 10.1 Å². The van der Waals surface area contributed by atoms with Gasteiger partial charge in [-0.3, -0.25) is 14.5 Å². The molecule has 0 unspecified atom stereocenters. The number of aryl methyl sites for hydroxylation is 1. The van der Waals surface area contributed by atoms with E-state index in [4.69, 9.17) is 16.3 Å². The zero-order valence-electron chi connectivity index (χ0n) is 13.9. The summed E-state index contributed by atoms with van der Waals surface area (Å²) in [6.45, 7) is 1.72. The SMILES string of the molecule is COCc1nn(C)cc1C(=O)N1CCC(c2ncccc2Cl)CC1. The van der Waals surface area contributed by atoms with Crippen LogP contribution in [-0.2, 0) is 18.4 Å². The Balaban J connectivity index is 1.68. The molecular formula is C17H21ClN4O2. The Morgan fingerprint density at radius 1 is 1.42 bits per heavy atom. The second kappa shape index (κ2) is 7.32. The minimum absolute atomic E-state index is 0.0146. The van der Waals surface area contributed by atoms with Gasteiger partial charge in [0.1, 0.15) is 5.69 Å². The summed E-state index contributed by atoms with van der Waals surface area (Å²) in [5.74, 6) is 0.316. The number of carbonyl (C=O) groups is 1. The number of likely N-dealkylation sites (tertiary alicyclic amines) is 1. The third-order valence-electron chi connectivity index (χ3n) is 4.37. The van der Waals surface area contributed by atoms with Crippen molar-refractivity contribution < 1.29 is 9.53 Å². The van der Waals surface area contributed by atoms with E-state index in [-0.39, 0.29) is 5.91 Å². The number of rotatable bonds is 4. The molecule has 24 heavy (non-hydrogen) atoms. The maximum Gasteiger partial charge on any atom is 0.257 e. The summed E-state index contributed by atoms with van der Waals surface area (Å²) >= 11 is 6.24. The van der Waals surface area contributed by atoms with Gasteiger partial charge in [-0.2, -0.15) is 5.10 Å². The predicted octanol–water partition coefficient (Wildman–Crippen LogP) is 2.63. The monoisotopic (exact) mass is 348 g/mol. The second-order valence-electron chi connectivity index (χ2n) is 6.03. The molecule has 7 heteroatoms. The van der Waals surface area contributed by atoms with Gasteiger partial charge in [0.25, 0.3) is 5.91 Å². The first-order valence-electron chi connectivity index (χ1n) is 8.01. The van der Waals surface area contributed by atoms with E-state index in [0.29, 0.717) is 41.9 Å². The lowest BCUT2D eigenvalue weighted by Crippen LogP contribution is -2.38. The second-order valence-corrected chi connectivity index (χ2v) is 6.44. The normalized spacial score (nSPS) is 15.7. The maximum atomic E-state index is 12.8. The van der Waals surface area contributed by atoms with E-state index in [1.165, 1.54) is 0 Å². The molecule has 3 heterocycles. The number of piperidine rings is 1. The standard InChI is InChI=1S/C17H21ClN4O2/c1-21-10-13(15(20-21)11-24-2)17(23)22-8-5-12(6-9-22)16-14(18)4-3-7-19-16/h3-4,7,10,12H,5-6,8-9,11H2,1-2H3. The van der Waals surface area contributed by atoms with Crippen molar-refractivity contribution in [3.05, 3.63) is 46.5 Å². The lowest BCUT2D eigenvalue weighted by molar-refractivity contribution is 0.0707. The Labute approximate surface area is 146 Å². The first kappa shape index (κ1) is 16.9. The first-order chi connectivity index (χ1) is 11.6. The van der Waals surface area contributed by atoms with E-state index in [9.17, 15) is 4.79 Å². The van der Waals surface area contributed by atoms with Crippen molar-refractivity contribution in [1.29, 1.82) is 0 Å². The van der Waals surface area contributed by atoms with Gasteiger partial charge in [0.05, 0.1) is 22.9 Å². The van der Waals surface area contributed by atoms with Crippen LogP contribution in [0.5, 0.6) is 0 Å². The summed E-state index contributed by atoms with van der Waals surface area (Å²) < 4.78 is 6.79. The number of hydrogen-bond acceptors (Lipinski definition) is 4. The summed E-state index contributed by atoms with van der Waals surface area (Å²) in [5.41, 5.74) is 2.24. The van der Waals surface area contributed by atoms with Crippen molar-refractivity contribution >= 4 is 17.5 Å². The number of halogens is 1. The Morgan fingerprint density at radius 3 is 2.83 bits per heavy atom. The van der Waals surface area contributed by atoms with E-state index in [0.717, 1.165) is 18.5 Å². The highest BCUT2D eigenvalue weighted by atomic mass is 35.5. The van der Waals surface area contributed by atoms with E-state index >= 15 is 0 Å². The van der Waals surface area contributed by atoms with Gasteiger partial charge in [0, 0.05) is 45.6 Å². The number of aromatic nitrogens is 3. The molecule has 0 spiro atoms. The van der Waals surface area contributed by atoms with Crippen molar-refractivity contribution in [2.24, 2.45) is 7.05 Å². The molecule has 128 valence electrons. The number of nitrogens with zero attached hydrogens (tertiary/aromatic N) is 4. The van der Waals surface area contributed by atoms with Crippen LogP contribution in [0.25, 0.3) is 0 Å². The van der Waals surface area contributed by atoms with Crippen LogP contribution in [0.3, 0.4) is 0 Å². The number of amides is 1. The summed E-state index contributed by atoms with van der Waals surface area (Å²) in [7, 11) is 3.41. The fourth-order valence-corrected chi connectivity index (χ4v) is 3.46. The molecule has 0 atom stereocenters. The minimum Gasteiger partial charge on any atom is -0.378 e. The predicted molar refractivity (Wildman–Crippen MR) is 91.0 cm³/mol. The summed E-state index contributed by atoms with van der Waals surface area (Å²) in [6.07, 6.45) is 5.26. The van der Waals surface area contributed by atoms with Crippen LogP contribution in [0.2, 0.25) is 5.02 Å². The van der Waals surface area contributed by atoms with Crippen LogP contribution >= 0.6 is 11.6 Å². The number of methoxy groups -OCH3 is 1. The van der Waals surface area contributed by atoms with Crippen molar-refractivity contribution in [3.8, 4) is 0 Å². The third kappa shape index (κ3) is 3.44. The highest BCUT2D eigenvalue weighted by molar-refractivity contribution is 6.31. The molecule has 2 aromatic rings. The van der Waals surface area contributed by atoms with Gasteiger partial charge in [-0.15, -0.1) is 0 Å². The summed E-state index contributed by atoms with van der Waals surface area (Å²) in [4.78, 5) is 19.1. The third-order valence-corrected chi connectivity index (χ3v) is 4.69. The molecule has 0 radical (unpaired) electrons. The fraction of sp³-hybridized carbons (Fsp3) is 0.471. The van der Waals surface area contributed by atoms with Crippen LogP contribution in [0.4, 0.5) is 0 Å². The van der Waals surface area contributed by atoms with Crippen LogP contribution in [0.15, 0.2) is 24.5 Å². The molecule has 6 nitrogen and oxygen atoms in total. The average Bonchev–Trinajstić information content (AvgIpc) is 2.96. The van der Waals surface area contributed by atoms with E-state index < -0.39 is 0 Å². The Morgan fingerprint density at radius 2 is 2.17 bits per heavy atom. The van der Waals surface area contributed by atoms with Crippen molar-refractivity contribution in [2.75, 3.05) is 20.2 Å². The first-order valence-corrected chi connectivity index (χ1v) is 8.39. The van der Waals surface area contributed by atoms with Gasteiger partial charge in [0.2, 0.25) is 0 Å². The number of ether oxygens (including phenoxy) is 1. The topological polar surface area (TPSA) is 60.3 Å². The number of pyridine rings is 1. The average molecular weight is 349 g/mol. The highest BCUT2D eigenvalue weighted by Gasteiger charge is 2.28. The molecule has 0 N–H and O–H groups in total. The van der Waals surface area contributed by atoms with E-state index in [1.54, 1.807) is 24.2 Å². The molecule has 1 amide bonds. The molecule has 0 aromatic carbocycles. The highest BCUT2D eigenvalue weighted by Crippen LogP contribution is 2.31. The van der Waals surface area contributed by atoms with Gasteiger partial charge in [-0.25, -0.2) is 0 Å². The van der Waals surface area contributed by atoms with Crippen LogP contribution < -0.4 is 0 Å². The molecule has 0 bridgehead atoms. The molecule has 1 fully saturated rings. The molecule has 3 rings (SSSR count). The van der Waals surface area contributed by atoms with Crippen molar-refractivity contribution in [1.82, 2.24) is 19.7 Å². The van der Waals surface area contributed by atoms with E-state index in [1.807, 2.05) is 24.1 Å². The number of carbonyl (C=O) groups excluding carboxylic acids is 1.